The van der Waals surface area contributed by atoms with E-state index in [0.717, 1.165) is 87.6 Å². The van der Waals surface area contributed by atoms with E-state index in [2.05, 4.69) is 201 Å². The van der Waals surface area contributed by atoms with Gasteiger partial charge >= 0.3 is 9.33 Å². The van der Waals surface area contributed by atoms with E-state index in [0.29, 0.717) is 48.9 Å². The third-order valence-electron chi connectivity index (χ3n) is 16.7. The second-order valence-corrected chi connectivity index (χ2v) is 33.3. The molecule has 9 N–H and O–H groups in total. The normalized spacial score (nSPS) is 13.4. The highest BCUT2D eigenvalue weighted by Crippen LogP contribution is 2.37. The third kappa shape index (κ3) is 24.5. The monoisotopic (exact) mass is 1710 g/mol. The fourth-order valence-electron chi connectivity index (χ4n) is 11.6. The number of carbonyl (C=O) groups excluding carboxylic acids is 6. The molecule has 0 spiro atoms. The largest absolute Gasteiger partial charge is 0.353 e. The van der Waals surface area contributed by atoms with Gasteiger partial charge in [0.25, 0.3) is 9.05 Å². The number of aryl methyl sites for hydroxylation is 1. The highest BCUT2D eigenvalue weighted by Gasteiger charge is 2.27. The van der Waals surface area contributed by atoms with E-state index in [4.69, 9.17) is 34.2 Å². The molecule has 0 aromatic heterocycles. The number of rotatable bonds is 6. The van der Waals surface area contributed by atoms with Crippen molar-refractivity contribution in [2.75, 3.05) is 49.3 Å². The fourth-order valence-corrected chi connectivity index (χ4v) is 17.0. The van der Waals surface area contributed by atoms with Gasteiger partial charge < -0.3 is 31.9 Å². The molecular formula is C75H78Cl2IN6O14PS6. The van der Waals surface area contributed by atoms with Crippen LogP contribution in [-0.4, -0.2) is 89.0 Å². The van der Waals surface area contributed by atoms with Crippen LogP contribution in [0.2, 0.25) is 0 Å². The molecular weight excluding hydrogens is 1630 g/mol. The fraction of sp³-hybridized carbons (Fsp3) is 0.200. The van der Waals surface area contributed by atoms with E-state index in [1.54, 1.807) is 31.0 Å². The van der Waals surface area contributed by atoms with E-state index in [1.807, 2.05) is 93.3 Å². The zero-order valence-corrected chi connectivity index (χ0v) is 68.0. The second kappa shape index (κ2) is 40.5. The first kappa shape index (κ1) is 86.4. The van der Waals surface area contributed by atoms with Crippen molar-refractivity contribution in [3.8, 4) is 0 Å². The molecule has 0 radical (unpaired) electrons. The van der Waals surface area contributed by atoms with Gasteiger partial charge in [-0.05, 0) is 210 Å². The van der Waals surface area contributed by atoms with E-state index < -0.39 is 37.1 Å². The predicted molar refractivity (Wildman–Crippen MR) is 440 cm³/mol. The van der Waals surface area contributed by atoms with Crippen molar-refractivity contribution in [1.29, 1.82) is 0 Å². The minimum Gasteiger partial charge on any atom is -0.326 e. The van der Waals surface area contributed by atoms with Crippen LogP contribution in [0.15, 0.2) is 194 Å². The lowest BCUT2D eigenvalue weighted by atomic mass is 10.1. The number of nitrogens with one attached hydrogen (secondary N) is 6. The van der Waals surface area contributed by atoms with Crippen LogP contribution < -0.4 is 47.8 Å². The summed E-state index contributed by atoms with van der Waals surface area (Å²) in [6, 6.07) is 56.5. The number of hydrogen-bond donors (Lipinski definition) is 11. The molecule has 20 nitrogen and oxygen atoms in total. The van der Waals surface area contributed by atoms with Crippen LogP contribution in [0, 0.1) is 41.5 Å². The zero-order valence-electron chi connectivity index (χ0n) is 58.3. The number of halogens is 3. The molecule has 6 aliphatic rings. The first-order chi connectivity index (χ1) is 49.8. The Morgan fingerprint density at radius 3 is 1.05 bits per heavy atom. The molecule has 0 saturated carbocycles. The van der Waals surface area contributed by atoms with Gasteiger partial charge in [-0.25, -0.2) is 8.42 Å². The molecule has 1 atom stereocenters. The molecule has 0 bridgehead atoms. The SMILES string of the molecule is CI.CSc1ccc2c(c1C)CC(=O)N2.Cc1c(S(=O)(=O)Cl)ccc2c1CC(=O)N2.Cc1c(S(C)=O)ccc2c1CC(=O)N2.Cc1c(S)ccc2c1CC(=O)N2.Cc1c(S)ccc2c1CC(=O)N2.Cc1cccc2c1CC(=O)N2.O=S(=O)(O)Cl.OO.c1ccc(P(c2ccccc2)c2ccccc2)cc1. The maximum absolute atomic E-state index is 11.4. The minimum atomic E-state index is -4.19. The van der Waals surface area contributed by atoms with Crippen LogP contribution in [0.1, 0.15) is 66.8 Å². The molecule has 6 heterocycles. The summed E-state index contributed by atoms with van der Waals surface area (Å²) in [6.45, 7) is 11.6. The molecule has 0 aliphatic carbocycles. The van der Waals surface area contributed by atoms with Gasteiger partial charge in [0.05, 0.1) is 54.2 Å². The van der Waals surface area contributed by atoms with Crippen LogP contribution in [0.4, 0.5) is 34.1 Å². The first-order valence-electron chi connectivity index (χ1n) is 31.7. The standard InChI is InChI=1S/C18H15P.C10H11NO2S.C10H11NOS.C9H8ClNO3S.2C9H9NOS.C9H9NO.CH3I.ClHO3S.H2O2/c1-4-10-16(11-5-1)19(17-12-6-2-7-13-17)18-14-8-3-9-15-18;1-6-7-5-10(12)11-8(7)3-4-9(6)14(2)13;1-6-7-5-10(12)11-8(7)3-4-9(6)13-2;1-5-6-4-9(12)11-7(6)2-3-8(5)15(10,13)14;2*1-5-6-4-9(11)10-7(6)2-3-8(5)12;1-6-3-2-4-8-7(6)5-9(11)10-8;1-2;1-5(2,3)4;1-2/h1-15H;3-4H,5H2,1-2H3,(H,11,12);3-4H,5H2,1-2H3,(H,11,12);2-3H,4H2,1H3,(H,11,12);2*2-3,12H,4H2,1H3,(H,10,11);2-4H,5H2,1H3,(H,10,11);1H3;(H,2,3,4);1-2H. The van der Waals surface area contributed by atoms with Crippen LogP contribution in [-0.2, 0) is 96.5 Å². The Bertz CT molecular complexity index is 4780. The summed E-state index contributed by atoms with van der Waals surface area (Å²) in [6.07, 6.45) is 6.40. The van der Waals surface area contributed by atoms with Crippen molar-refractivity contribution in [1.82, 2.24) is 0 Å². The molecule has 6 aliphatic heterocycles. The summed E-state index contributed by atoms with van der Waals surface area (Å²) in [5.74, 6) is 0.254. The van der Waals surface area contributed by atoms with Crippen molar-refractivity contribution in [3.63, 3.8) is 0 Å². The summed E-state index contributed by atoms with van der Waals surface area (Å²) < 4.78 is 58.9. The lowest BCUT2D eigenvalue weighted by Crippen LogP contribution is -2.20. The number of thiol groups is 2. The molecule has 105 heavy (non-hydrogen) atoms. The Morgan fingerprint density at radius 2 is 0.714 bits per heavy atom. The summed E-state index contributed by atoms with van der Waals surface area (Å²) in [5, 5.41) is 32.8. The quantitative estimate of drug-likeness (QED) is 0.00848. The molecule has 9 aromatic carbocycles. The van der Waals surface area contributed by atoms with Crippen molar-refractivity contribution in [2.24, 2.45) is 0 Å². The molecule has 0 saturated heterocycles. The number of thioether (sulfide) groups is 1. The summed E-state index contributed by atoms with van der Waals surface area (Å²) in [5.41, 5.74) is 17.7. The maximum atomic E-state index is 11.4. The van der Waals surface area contributed by atoms with Gasteiger partial charge in [-0.3, -0.25) is 48.0 Å². The minimum absolute atomic E-state index is 0.0159. The van der Waals surface area contributed by atoms with Crippen LogP contribution in [0.5, 0.6) is 0 Å². The van der Waals surface area contributed by atoms with Gasteiger partial charge in [0, 0.05) is 81.3 Å². The zero-order chi connectivity index (χ0) is 77.6. The average Bonchev–Trinajstić information content (AvgIpc) is 1.58. The number of benzene rings is 9. The number of fused-ring (bicyclic) bond motifs is 6. The van der Waals surface area contributed by atoms with Crippen molar-refractivity contribution >= 4 is 204 Å². The highest BCUT2D eigenvalue weighted by atomic mass is 127. The Hall–Kier alpha value is -7.48. The molecule has 15 rings (SSSR count). The van der Waals surface area contributed by atoms with Gasteiger partial charge in [-0.1, -0.05) is 126 Å². The number of carbonyl (C=O) groups is 6. The number of anilines is 6. The molecule has 554 valence electrons. The summed E-state index contributed by atoms with van der Waals surface area (Å²) >= 11 is 12.4. The van der Waals surface area contributed by atoms with Gasteiger partial charge in [-0.2, -0.15) is 8.42 Å². The van der Waals surface area contributed by atoms with Crippen molar-refractivity contribution < 1.29 is 64.9 Å². The van der Waals surface area contributed by atoms with Crippen LogP contribution in [0.3, 0.4) is 0 Å². The third-order valence-corrected chi connectivity index (χ3v) is 23.5. The predicted octanol–water partition coefficient (Wildman–Crippen LogP) is 14.4. The molecule has 0 fully saturated rings. The van der Waals surface area contributed by atoms with Crippen molar-refractivity contribution in [3.05, 3.63) is 237 Å². The number of hydrogen-bond acceptors (Lipinski definition) is 16. The Kier molecular flexibility index (Phi) is 33.3. The van der Waals surface area contributed by atoms with E-state index >= 15 is 0 Å². The van der Waals surface area contributed by atoms with E-state index in [1.165, 1.54) is 38.0 Å². The molecule has 1 unspecified atom stereocenters. The van der Waals surface area contributed by atoms with E-state index in [-0.39, 0.29) is 46.8 Å². The number of amides is 6. The number of alkyl halides is 1. The maximum Gasteiger partial charge on any atom is 0.353 e. The van der Waals surface area contributed by atoms with Crippen LogP contribution >= 0.6 is 88.9 Å². The lowest BCUT2D eigenvalue weighted by molar-refractivity contribution is -0.176. The van der Waals surface area contributed by atoms with Crippen molar-refractivity contribution in [2.45, 2.75) is 105 Å². The van der Waals surface area contributed by atoms with Gasteiger partial charge in [0.1, 0.15) is 0 Å². The summed E-state index contributed by atoms with van der Waals surface area (Å²) in [7, 11) is -0.0364. The Labute approximate surface area is 653 Å². The topological polar surface area (TPSA) is 321 Å². The first-order valence-corrected chi connectivity index (χ1v) is 43.4. The lowest BCUT2D eigenvalue weighted by Gasteiger charge is -2.18. The van der Waals surface area contributed by atoms with Gasteiger partial charge in [0.2, 0.25) is 35.4 Å². The Balaban J connectivity index is 0.000000189. The summed E-state index contributed by atoms with van der Waals surface area (Å²) in [4.78, 5) is 72.4. The van der Waals surface area contributed by atoms with Gasteiger partial charge in [-0.15, -0.1) is 37.0 Å². The van der Waals surface area contributed by atoms with E-state index in [9.17, 15) is 41.4 Å². The van der Waals surface area contributed by atoms with Gasteiger partial charge in [0.15, 0.2) is 0 Å². The smallest absolute Gasteiger partial charge is 0.326 e. The molecule has 6 amide bonds. The van der Waals surface area contributed by atoms with Crippen LogP contribution in [0.25, 0.3) is 0 Å². The molecule has 30 heteroatoms. The highest BCUT2D eigenvalue weighted by molar-refractivity contribution is 14.1. The Morgan fingerprint density at radius 1 is 0.419 bits per heavy atom. The second-order valence-electron chi connectivity index (χ2n) is 23.4. The average molecular weight is 1710 g/mol. The molecule has 9 aromatic rings.